The number of anilines is 3. The number of hydrogen-bond acceptors (Lipinski definition) is 6. The monoisotopic (exact) mass is 468 g/mol. The number of halogens is 2. The van der Waals surface area contributed by atoms with Crippen molar-refractivity contribution in [2.45, 2.75) is 13.0 Å². The molecular weight excluding hydrogens is 451 g/mol. The normalized spacial score (nSPS) is 11.0. The maximum Gasteiger partial charge on any atom is 0.204 e. The van der Waals surface area contributed by atoms with Crippen LogP contribution in [0.25, 0.3) is 11.0 Å². The number of aromatic nitrogens is 1. The minimum Gasteiger partial charge on any atom is -0.451 e. The molecule has 30 heavy (non-hydrogen) atoms. The number of hydrogen-bond donors (Lipinski definition) is 3. The highest BCUT2D eigenvalue weighted by atomic mass is 79.9. The maximum absolute atomic E-state index is 14.3. The van der Waals surface area contributed by atoms with Gasteiger partial charge in [-0.2, -0.15) is 0 Å². The molecule has 0 atom stereocenters. The van der Waals surface area contributed by atoms with Crippen molar-refractivity contribution >= 4 is 49.9 Å². The van der Waals surface area contributed by atoms with Gasteiger partial charge in [0.1, 0.15) is 17.2 Å². The first-order valence-electron chi connectivity index (χ1n) is 9.15. The number of carbonyl (C=O) groups is 1. The first kappa shape index (κ1) is 19.9. The summed E-state index contributed by atoms with van der Waals surface area (Å²) in [6.45, 7) is 0.199. The van der Waals surface area contributed by atoms with Crippen LogP contribution in [0.1, 0.15) is 21.7 Å². The number of pyridine rings is 1. The second-order valence-electron chi connectivity index (χ2n) is 6.80. The largest absolute Gasteiger partial charge is 0.451 e. The zero-order valence-electron chi connectivity index (χ0n) is 15.8. The number of nitrogens with two attached hydrogens (primary N) is 2. The summed E-state index contributed by atoms with van der Waals surface area (Å²) in [6, 6.07) is 13.4. The third kappa shape index (κ3) is 3.99. The van der Waals surface area contributed by atoms with Gasteiger partial charge in [-0.1, -0.05) is 28.1 Å². The molecule has 0 unspecified atom stereocenters. The van der Waals surface area contributed by atoms with Gasteiger partial charge in [-0.3, -0.25) is 4.79 Å². The second kappa shape index (κ2) is 8.16. The van der Waals surface area contributed by atoms with Crippen LogP contribution in [-0.4, -0.2) is 10.8 Å². The molecule has 0 saturated heterocycles. The van der Waals surface area contributed by atoms with Crippen molar-refractivity contribution in [3.8, 4) is 0 Å². The lowest BCUT2D eigenvalue weighted by molar-refractivity contribution is 0.0969. The van der Waals surface area contributed by atoms with Crippen molar-refractivity contribution in [3.63, 3.8) is 0 Å². The highest BCUT2D eigenvalue weighted by Crippen LogP contribution is 2.31. The highest BCUT2D eigenvalue weighted by molar-refractivity contribution is 9.10. The number of fused-ring (bicyclic) bond motifs is 1. The van der Waals surface area contributed by atoms with E-state index in [0.717, 1.165) is 4.47 Å². The maximum atomic E-state index is 14.3. The first-order valence-corrected chi connectivity index (χ1v) is 9.94. The van der Waals surface area contributed by atoms with Crippen LogP contribution in [0.4, 0.5) is 21.6 Å². The number of nitrogens with zero attached hydrogens (tertiary/aromatic N) is 1. The molecule has 8 heteroatoms. The number of ketones is 1. The number of nitrogen functional groups attached to an aromatic ring is 2. The Kier molecular flexibility index (Phi) is 5.41. The quantitative estimate of drug-likeness (QED) is 0.346. The van der Waals surface area contributed by atoms with E-state index in [1.807, 2.05) is 6.07 Å². The minimum absolute atomic E-state index is 0.0352. The molecule has 2 aromatic heterocycles. The summed E-state index contributed by atoms with van der Waals surface area (Å²) < 4.78 is 20.8. The number of rotatable bonds is 6. The average molecular weight is 469 g/mol. The Morgan fingerprint density at radius 1 is 1.17 bits per heavy atom. The van der Waals surface area contributed by atoms with Gasteiger partial charge >= 0.3 is 0 Å². The number of furan rings is 1. The van der Waals surface area contributed by atoms with E-state index in [1.165, 1.54) is 6.07 Å². The van der Waals surface area contributed by atoms with Gasteiger partial charge in [0.05, 0.1) is 11.4 Å². The third-order valence-corrected chi connectivity index (χ3v) is 5.22. The van der Waals surface area contributed by atoms with Gasteiger partial charge < -0.3 is 21.2 Å². The third-order valence-electron chi connectivity index (χ3n) is 4.72. The lowest BCUT2D eigenvalue weighted by atomic mass is 10.0. The standard InChI is InChI=1S/C22H18BrFN4O2/c23-14-4-6-19-15(10-14)20(25)21(30-19)18(29)9-12-3-5-16(24)13(8-12)11-28-17-2-1-7-27-22(17)26/h1-8,10,28H,9,11,25H2,(H2,26,27). The molecule has 0 bridgehead atoms. The SMILES string of the molecule is Nc1ncccc1NCc1cc(CC(=O)c2oc3ccc(Br)cc3c2N)ccc1F. The van der Waals surface area contributed by atoms with Gasteiger partial charge in [0.15, 0.2) is 5.76 Å². The summed E-state index contributed by atoms with van der Waals surface area (Å²) in [5, 5.41) is 3.73. The van der Waals surface area contributed by atoms with Crippen molar-refractivity contribution in [2.24, 2.45) is 0 Å². The van der Waals surface area contributed by atoms with E-state index in [0.29, 0.717) is 39.3 Å². The molecule has 0 aliphatic carbocycles. The summed E-state index contributed by atoms with van der Waals surface area (Å²) in [7, 11) is 0. The topological polar surface area (TPSA) is 107 Å². The van der Waals surface area contributed by atoms with Crippen molar-refractivity contribution in [3.05, 3.63) is 81.9 Å². The smallest absolute Gasteiger partial charge is 0.204 e. The predicted molar refractivity (Wildman–Crippen MR) is 119 cm³/mol. The Bertz CT molecular complexity index is 1260. The lowest BCUT2D eigenvalue weighted by Gasteiger charge is -2.10. The van der Waals surface area contributed by atoms with Crippen molar-refractivity contribution in [1.29, 1.82) is 0 Å². The van der Waals surface area contributed by atoms with Crippen LogP contribution in [0.5, 0.6) is 0 Å². The Morgan fingerprint density at radius 2 is 2.00 bits per heavy atom. The van der Waals surface area contributed by atoms with Gasteiger partial charge in [-0.05, 0) is 42.0 Å². The van der Waals surface area contributed by atoms with E-state index in [4.69, 9.17) is 15.9 Å². The van der Waals surface area contributed by atoms with Gasteiger partial charge in [0.2, 0.25) is 5.78 Å². The number of Topliss-reactive ketones (excluding diaryl/α,β-unsaturated/α-hetero) is 1. The van der Waals surface area contributed by atoms with Crippen LogP contribution in [0.15, 0.2) is 63.6 Å². The van der Waals surface area contributed by atoms with Gasteiger partial charge in [0.25, 0.3) is 0 Å². The van der Waals surface area contributed by atoms with Crippen LogP contribution in [0.3, 0.4) is 0 Å². The Hall–Kier alpha value is -3.39. The predicted octanol–water partition coefficient (Wildman–Crippen LogP) is 4.93. The molecule has 0 aliphatic heterocycles. The van der Waals surface area contributed by atoms with E-state index in [-0.39, 0.29) is 30.3 Å². The van der Waals surface area contributed by atoms with Gasteiger partial charge in [0, 0.05) is 34.6 Å². The lowest BCUT2D eigenvalue weighted by Crippen LogP contribution is -2.08. The van der Waals surface area contributed by atoms with Crippen LogP contribution in [-0.2, 0) is 13.0 Å². The summed E-state index contributed by atoms with van der Waals surface area (Å²) >= 11 is 3.38. The number of benzene rings is 2. The Balaban J connectivity index is 1.54. The zero-order chi connectivity index (χ0) is 21.3. The highest BCUT2D eigenvalue weighted by Gasteiger charge is 2.19. The van der Waals surface area contributed by atoms with Crippen molar-refractivity contribution < 1.29 is 13.6 Å². The number of nitrogens with one attached hydrogen (secondary N) is 1. The molecule has 0 radical (unpaired) electrons. The van der Waals surface area contributed by atoms with Crippen LogP contribution in [0.2, 0.25) is 0 Å². The van der Waals surface area contributed by atoms with Crippen LogP contribution >= 0.6 is 15.9 Å². The van der Waals surface area contributed by atoms with E-state index >= 15 is 0 Å². The zero-order valence-corrected chi connectivity index (χ0v) is 17.4. The molecule has 6 nitrogen and oxygen atoms in total. The van der Waals surface area contributed by atoms with Crippen molar-refractivity contribution in [2.75, 3.05) is 16.8 Å². The number of carbonyl (C=O) groups excluding carboxylic acids is 1. The van der Waals surface area contributed by atoms with Crippen molar-refractivity contribution in [1.82, 2.24) is 4.98 Å². The van der Waals surface area contributed by atoms with E-state index in [2.05, 4.69) is 26.2 Å². The van der Waals surface area contributed by atoms with Gasteiger partial charge in [-0.25, -0.2) is 9.37 Å². The fourth-order valence-corrected chi connectivity index (χ4v) is 3.55. The first-order chi connectivity index (χ1) is 14.4. The molecule has 152 valence electrons. The molecule has 2 aromatic carbocycles. The summed E-state index contributed by atoms with van der Waals surface area (Å²) in [5.74, 6) is -0.220. The molecule has 5 N–H and O–H groups in total. The molecule has 2 heterocycles. The van der Waals surface area contributed by atoms with Crippen LogP contribution in [0, 0.1) is 5.82 Å². The van der Waals surface area contributed by atoms with E-state index in [1.54, 1.807) is 42.6 Å². The molecule has 0 amide bonds. The average Bonchev–Trinajstić information content (AvgIpc) is 3.05. The van der Waals surface area contributed by atoms with Crippen LogP contribution < -0.4 is 16.8 Å². The molecular formula is C22H18BrFN4O2. The summed E-state index contributed by atoms with van der Waals surface area (Å²) in [6.07, 6.45) is 1.61. The summed E-state index contributed by atoms with van der Waals surface area (Å²) in [4.78, 5) is 16.8. The Labute approximate surface area is 180 Å². The van der Waals surface area contributed by atoms with E-state index in [9.17, 15) is 9.18 Å². The van der Waals surface area contributed by atoms with Gasteiger partial charge in [-0.15, -0.1) is 0 Å². The molecule has 4 aromatic rings. The Morgan fingerprint density at radius 3 is 2.80 bits per heavy atom. The molecule has 4 rings (SSSR count). The molecule has 0 fully saturated rings. The minimum atomic E-state index is -0.380. The molecule has 0 spiro atoms. The summed E-state index contributed by atoms with van der Waals surface area (Å²) in [5.41, 5.74) is 14.4. The fourth-order valence-electron chi connectivity index (χ4n) is 3.19. The second-order valence-corrected chi connectivity index (χ2v) is 7.72. The molecule has 0 saturated carbocycles. The molecule has 0 aliphatic rings. The van der Waals surface area contributed by atoms with E-state index < -0.39 is 0 Å². The fraction of sp³-hybridized carbons (Fsp3) is 0.0909.